The van der Waals surface area contributed by atoms with Crippen LogP contribution in [0.4, 0.5) is 4.79 Å². The summed E-state index contributed by atoms with van der Waals surface area (Å²) in [4.78, 5) is 12.0. The van der Waals surface area contributed by atoms with E-state index in [9.17, 15) is 4.79 Å². The highest BCUT2D eigenvalue weighted by Crippen LogP contribution is 2.25. The van der Waals surface area contributed by atoms with Crippen molar-refractivity contribution in [2.75, 3.05) is 18.6 Å². The lowest BCUT2D eigenvalue weighted by molar-refractivity contribution is -0.140. The molecule has 122 valence electrons. The van der Waals surface area contributed by atoms with Crippen molar-refractivity contribution < 1.29 is 19.0 Å². The molecule has 2 rings (SSSR count). The number of alkyl carbamates (subject to hydrolysis) is 1. The molecule has 2 atom stereocenters. The van der Waals surface area contributed by atoms with E-state index in [4.69, 9.17) is 14.2 Å². The SMILES string of the molecule is CSCC(NC(=O)OCc1ccccc1)C1COC(C)(C)O1. The summed E-state index contributed by atoms with van der Waals surface area (Å²) in [6.45, 7) is 4.47. The van der Waals surface area contributed by atoms with Gasteiger partial charge in [-0.1, -0.05) is 30.3 Å². The molecule has 1 saturated heterocycles. The summed E-state index contributed by atoms with van der Waals surface area (Å²) in [6, 6.07) is 9.46. The molecule has 0 saturated carbocycles. The highest BCUT2D eigenvalue weighted by molar-refractivity contribution is 7.98. The maximum absolute atomic E-state index is 12.0. The Balaban J connectivity index is 1.84. The third-order valence-corrected chi connectivity index (χ3v) is 4.03. The van der Waals surface area contributed by atoms with E-state index in [1.165, 1.54) is 0 Å². The Morgan fingerprint density at radius 1 is 1.45 bits per heavy atom. The van der Waals surface area contributed by atoms with Crippen LogP contribution in [0, 0.1) is 0 Å². The molecular weight excluding hydrogens is 302 g/mol. The van der Waals surface area contributed by atoms with Gasteiger partial charge < -0.3 is 19.5 Å². The van der Waals surface area contributed by atoms with Gasteiger partial charge in [0, 0.05) is 5.75 Å². The van der Waals surface area contributed by atoms with E-state index in [0.29, 0.717) is 6.61 Å². The largest absolute Gasteiger partial charge is 0.445 e. The quantitative estimate of drug-likeness (QED) is 0.871. The van der Waals surface area contributed by atoms with E-state index < -0.39 is 11.9 Å². The zero-order chi connectivity index (χ0) is 16.0. The monoisotopic (exact) mass is 325 g/mol. The van der Waals surface area contributed by atoms with Crippen molar-refractivity contribution in [1.82, 2.24) is 5.32 Å². The average molecular weight is 325 g/mol. The van der Waals surface area contributed by atoms with Gasteiger partial charge in [-0.05, 0) is 25.7 Å². The van der Waals surface area contributed by atoms with E-state index in [0.717, 1.165) is 11.3 Å². The summed E-state index contributed by atoms with van der Waals surface area (Å²) >= 11 is 1.65. The number of ether oxygens (including phenoxy) is 3. The van der Waals surface area contributed by atoms with Crippen molar-refractivity contribution >= 4 is 17.9 Å². The zero-order valence-electron chi connectivity index (χ0n) is 13.2. The summed E-state index contributed by atoms with van der Waals surface area (Å²) in [5, 5.41) is 2.88. The van der Waals surface area contributed by atoms with Gasteiger partial charge in [-0.15, -0.1) is 0 Å². The molecule has 0 aromatic heterocycles. The van der Waals surface area contributed by atoms with Crippen molar-refractivity contribution in [3.63, 3.8) is 0 Å². The Kier molecular flexibility index (Phi) is 6.11. The Hall–Kier alpha value is -1.24. The second-order valence-corrected chi connectivity index (χ2v) is 6.55. The number of hydrogen-bond acceptors (Lipinski definition) is 5. The molecule has 1 amide bonds. The normalized spacial score (nSPS) is 21.3. The first kappa shape index (κ1) is 17.1. The summed E-state index contributed by atoms with van der Waals surface area (Å²) < 4.78 is 16.6. The Bertz CT molecular complexity index is 480. The van der Waals surface area contributed by atoms with Crippen LogP contribution in [0.3, 0.4) is 0 Å². The molecule has 0 aliphatic carbocycles. The van der Waals surface area contributed by atoms with Gasteiger partial charge >= 0.3 is 6.09 Å². The molecule has 2 unspecified atom stereocenters. The number of carbonyl (C=O) groups excluding carboxylic acids is 1. The summed E-state index contributed by atoms with van der Waals surface area (Å²) in [5.74, 6) is 0.140. The smallest absolute Gasteiger partial charge is 0.407 e. The molecule has 0 radical (unpaired) electrons. The van der Waals surface area contributed by atoms with Crippen LogP contribution in [0.25, 0.3) is 0 Å². The molecule has 0 bridgehead atoms. The molecule has 1 aliphatic rings. The van der Waals surface area contributed by atoms with Gasteiger partial charge in [-0.2, -0.15) is 11.8 Å². The summed E-state index contributed by atoms with van der Waals surface area (Å²) in [6.07, 6.45) is 1.40. The first-order chi connectivity index (χ1) is 10.5. The highest BCUT2D eigenvalue weighted by atomic mass is 32.2. The van der Waals surface area contributed by atoms with Crippen LogP contribution in [0.1, 0.15) is 19.4 Å². The van der Waals surface area contributed by atoms with Gasteiger partial charge in [0.1, 0.15) is 12.7 Å². The minimum absolute atomic E-state index is 0.139. The number of rotatable bonds is 6. The van der Waals surface area contributed by atoms with Crippen LogP contribution < -0.4 is 5.32 Å². The molecule has 1 aromatic rings. The second-order valence-electron chi connectivity index (χ2n) is 5.64. The van der Waals surface area contributed by atoms with Gasteiger partial charge in [0.25, 0.3) is 0 Å². The van der Waals surface area contributed by atoms with Crippen LogP contribution in [0.2, 0.25) is 0 Å². The third kappa shape index (κ3) is 5.19. The van der Waals surface area contributed by atoms with Crippen molar-refractivity contribution in [3.8, 4) is 0 Å². The van der Waals surface area contributed by atoms with Crippen molar-refractivity contribution in [2.24, 2.45) is 0 Å². The molecule has 0 spiro atoms. The van der Waals surface area contributed by atoms with Crippen molar-refractivity contribution in [3.05, 3.63) is 35.9 Å². The lowest BCUT2D eigenvalue weighted by Crippen LogP contribution is -2.46. The van der Waals surface area contributed by atoms with Crippen LogP contribution >= 0.6 is 11.8 Å². The molecule has 1 heterocycles. The Morgan fingerprint density at radius 3 is 2.77 bits per heavy atom. The zero-order valence-corrected chi connectivity index (χ0v) is 14.0. The van der Waals surface area contributed by atoms with Crippen LogP contribution in [0.15, 0.2) is 30.3 Å². The number of nitrogens with one attached hydrogen (secondary N) is 1. The number of carbonyl (C=O) groups is 1. The first-order valence-corrected chi connectivity index (χ1v) is 8.67. The molecule has 6 heteroatoms. The number of hydrogen-bond donors (Lipinski definition) is 1. The first-order valence-electron chi connectivity index (χ1n) is 7.28. The van der Waals surface area contributed by atoms with Crippen LogP contribution in [-0.4, -0.2) is 42.6 Å². The third-order valence-electron chi connectivity index (χ3n) is 3.34. The van der Waals surface area contributed by atoms with Gasteiger partial charge in [0.05, 0.1) is 12.6 Å². The predicted molar refractivity (Wildman–Crippen MR) is 86.8 cm³/mol. The van der Waals surface area contributed by atoms with E-state index in [1.807, 2.05) is 50.4 Å². The standard InChI is InChI=1S/C16H23NO4S/c1-16(2)20-10-14(21-16)13(11-22-3)17-15(18)19-9-12-7-5-4-6-8-12/h4-8,13-14H,9-11H2,1-3H3,(H,17,18). The molecule has 5 nitrogen and oxygen atoms in total. The predicted octanol–water partition coefficient (Wildman–Crippen LogP) is 2.80. The van der Waals surface area contributed by atoms with Gasteiger partial charge in [-0.25, -0.2) is 4.79 Å². The summed E-state index contributed by atoms with van der Waals surface area (Å²) in [7, 11) is 0. The number of amides is 1. The van der Waals surface area contributed by atoms with E-state index in [-0.39, 0.29) is 18.8 Å². The fraction of sp³-hybridized carbons (Fsp3) is 0.562. The molecule has 1 fully saturated rings. The van der Waals surface area contributed by atoms with Crippen molar-refractivity contribution in [1.29, 1.82) is 0 Å². The minimum Gasteiger partial charge on any atom is -0.445 e. The maximum Gasteiger partial charge on any atom is 0.407 e. The minimum atomic E-state index is -0.600. The number of thioether (sulfide) groups is 1. The molecule has 1 aliphatic heterocycles. The lowest BCUT2D eigenvalue weighted by Gasteiger charge is -2.24. The van der Waals surface area contributed by atoms with E-state index in [1.54, 1.807) is 11.8 Å². The van der Waals surface area contributed by atoms with Gasteiger partial charge in [0.2, 0.25) is 0 Å². The van der Waals surface area contributed by atoms with Gasteiger partial charge in [0.15, 0.2) is 5.79 Å². The fourth-order valence-electron chi connectivity index (χ4n) is 2.25. The van der Waals surface area contributed by atoms with Crippen LogP contribution in [0.5, 0.6) is 0 Å². The molecule has 1 aromatic carbocycles. The average Bonchev–Trinajstić information content (AvgIpc) is 2.86. The van der Waals surface area contributed by atoms with Crippen LogP contribution in [-0.2, 0) is 20.8 Å². The van der Waals surface area contributed by atoms with Gasteiger partial charge in [-0.3, -0.25) is 0 Å². The van der Waals surface area contributed by atoms with Crippen molar-refractivity contribution in [2.45, 2.75) is 38.4 Å². The Labute approximate surface area is 135 Å². The van der Waals surface area contributed by atoms with E-state index >= 15 is 0 Å². The second kappa shape index (κ2) is 7.85. The topological polar surface area (TPSA) is 56.8 Å². The number of benzene rings is 1. The maximum atomic E-state index is 12.0. The Morgan fingerprint density at radius 2 is 2.18 bits per heavy atom. The highest BCUT2D eigenvalue weighted by Gasteiger charge is 2.38. The lowest BCUT2D eigenvalue weighted by atomic mass is 10.2. The van der Waals surface area contributed by atoms with E-state index in [2.05, 4.69) is 5.32 Å². The molecule has 22 heavy (non-hydrogen) atoms. The summed E-state index contributed by atoms with van der Waals surface area (Å²) in [5.41, 5.74) is 0.959. The molecular formula is C16H23NO4S. The molecule has 1 N–H and O–H groups in total. The fourth-order valence-corrected chi connectivity index (χ4v) is 2.91.